The Morgan fingerprint density at radius 2 is 1.47 bits per heavy atom. The van der Waals surface area contributed by atoms with Crippen molar-refractivity contribution < 1.29 is 31.1 Å². The lowest BCUT2D eigenvalue weighted by Gasteiger charge is -2.26. The Hall–Kier alpha value is -3.28. The number of sulfonamides is 1. The molecule has 0 aliphatic carbocycles. The first kappa shape index (κ1) is 29.3. The van der Waals surface area contributed by atoms with Crippen molar-refractivity contribution in [2.75, 3.05) is 31.3 Å². The molecule has 0 aromatic heterocycles. The van der Waals surface area contributed by atoms with E-state index in [1.54, 1.807) is 12.1 Å². The second kappa shape index (κ2) is 12.1. The lowest BCUT2D eigenvalue weighted by Crippen LogP contribution is -2.42. The second-order valence-electron chi connectivity index (χ2n) is 8.37. The van der Waals surface area contributed by atoms with E-state index in [9.17, 15) is 21.6 Å². The van der Waals surface area contributed by atoms with E-state index >= 15 is 0 Å². The number of ether oxygens (including phenoxy) is 2. The zero-order valence-electron chi connectivity index (χ0n) is 21.3. The minimum absolute atomic E-state index is 0.0960. The van der Waals surface area contributed by atoms with Gasteiger partial charge in [-0.1, -0.05) is 30.7 Å². The van der Waals surface area contributed by atoms with Crippen molar-refractivity contribution >= 4 is 43.1 Å². The third-order valence-electron chi connectivity index (χ3n) is 5.80. The number of benzene rings is 3. The van der Waals surface area contributed by atoms with Crippen LogP contribution in [-0.4, -0.2) is 49.8 Å². The number of rotatable bonds is 11. The molecule has 3 rings (SSSR count). The van der Waals surface area contributed by atoms with E-state index in [2.05, 4.69) is 5.32 Å². The van der Waals surface area contributed by atoms with Crippen molar-refractivity contribution in [3.8, 4) is 11.5 Å². The Balaban J connectivity index is 1.93. The molecule has 38 heavy (non-hydrogen) atoms. The first-order valence-electron chi connectivity index (χ1n) is 11.5. The molecule has 3 aromatic carbocycles. The van der Waals surface area contributed by atoms with E-state index in [4.69, 9.17) is 21.1 Å². The maximum Gasteiger partial charge on any atom is 0.264 e. The third-order valence-corrected chi connectivity index (χ3v) is 8.95. The number of hydrogen-bond donors (Lipinski definition) is 1. The average molecular weight is 581 g/mol. The average Bonchev–Trinajstić information content (AvgIpc) is 2.90. The van der Waals surface area contributed by atoms with Gasteiger partial charge in [0.05, 0.1) is 35.7 Å². The number of sulfone groups is 1. The van der Waals surface area contributed by atoms with Crippen molar-refractivity contribution in [3.63, 3.8) is 0 Å². The fraction of sp³-hybridized carbons (Fsp3) is 0.269. The summed E-state index contributed by atoms with van der Waals surface area (Å²) in [6.07, 6.45) is 1.61. The summed E-state index contributed by atoms with van der Waals surface area (Å²) in [5, 5.41) is 3.26. The van der Waals surface area contributed by atoms with Crippen LogP contribution in [0.15, 0.2) is 76.5 Å². The first-order chi connectivity index (χ1) is 17.9. The summed E-state index contributed by atoms with van der Waals surface area (Å²) in [5.41, 5.74) is 0.930. The lowest BCUT2D eigenvalue weighted by molar-refractivity contribution is -0.120. The number of nitrogens with one attached hydrogen (secondary N) is 1. The molecule has 0 saturated carbocycles. The van der Waals surface area contributed by atoms with Gasteiger partial charge in [0, 0.05) is 17.3 Å². The topological polar surface area (TPSA) is 119 Å². The standard InChI is InChI=1S/C26H29ClN2O7S2/c1-5-23(18-6-12-21(13-7-18)37(4,31)32)28-26(30)17-29(20-10-8-19(27)9-11-20)38(33,34)22-14-15-24(35-2)25(16-22)36-3/h6-16,23H,5,17H2,1-4H3,(H,28,30). The number of carbonyl (C=O) groups excluding carboxylic acids is 1. The number of amides is 1. The molecule has 1 unspecified atom stereocenters. The van der Waals surface area contributed by atoms with Crippen LogP contribution < -0.4 is 19.1 Å². The smallest absolute Gasteiger partial charge is 0.264 e. The largest absolute Gasteiger partial charge is 0.493 e. The van der Waals surface area contributed by atoms with Gasteiger partial charge in [-0.15, -0.1) is 0 Å². The summed E-state index contributed by atoms with van der Waals surface area (Å²) in [5.74, 6) is 0.0237. The summed E-state index contributed by atoms with van der Waals surface area (Å²) in [6, 6.07) is 16.0. The van der Waals surface area contributed by atoms with Crippen molar-refractivity contribution in [2.45, 2.75) is 29.2 Å². The van der Waals surface area contributed by atoms with Crippen molar-refractivity contribution in [3.05, 3.63) is 77.3 Å². The highest BCUT2D eigenvalue weighted by Crippen LogP contribution is 2.32. The molecule has 0 aliphatic heterocycles. The molecule has 1 amide bonds. The monoisotopic (exact) mass is 580 g/mol. The van der Waals surface area contributed by atoms with E-state index in [-0.39, 0.29) is 21.2 Å². The van der Waals surface area contributed by atoms with Crippen molar-refractivity contribution in [2.24, 2.45) is 0 Å². The molecule has 9 nitrogen and oxygen atoms in total. The Morgan fingerprint density at radius 1 is 0.895 bits per heavy atom. The Kier molecular flexibility index (Phi) is 9.29. The number of hydrogen-bond acceptors (Lipinski definition) is 7. The highest BCUT2D eigenvalue weighted by molar-refractivity contribution is 7.93. The SMILES string of the molecule is CCC(NC(=O)CN(c1ccc(Cl)cc1)S(=O)(=O)c1ccc(OC)c(OC)c1)c1ccc(S(C)(=O)=O)cc1. The van der Waals surface area contributed by atoms with Crippen LogP contribution in [-0.2, 0) is 24.7 Å². The van der Waals surface area contributed by atoms with Crippen LogP contribution in [0, 0.1) is 0 Å². The normalized spacial score (nSPS) is 12.4. The molecule has 0 aliphatic rings. The molecule has 1 N–H and O–H groups in total. The van der Waals surface area contributed by atoms with Gasteiger partial charge in [0.1, 0.15) is 6.54 Å². The van der Waals surface area contributed by atoms with E-state index in [1.165, 1.54) is 68.8 Å². The molecule has 0 heterocycles. The molecule has 0 spiro atoms. The van der Waals surface area contributed by atoms with Gasteiger partial charge in [-0.2, -0.15) is 0 Å². The Morgan fingerprint density at radius 3 is 2.00 bits per heavy atom. The summed E-state index contributed by atoms with van der Waals surface area (Å²) in [4.78, 5) is 13.2. The highest BCUT2D eigenvalue weighted by atomic mass is 35.5. The van der Waals surface area contributed by atoms with E-state index in [0.29, 0.717) is 22.8 Å². The van der Waals surface area contributed by atoms with Crippen LogP contribution in [0.3, 0.4) is 0 Å². The van der Waals surface area contributed by atoms with Gasteiger partial charge >= 0.3 is 0 Å². The quantitative estimate of drug-likeness (QED) is 0.360. The molecule has 0 saturated heterocycles. The minimum Gasteiger partial charge on any atom is -0.493 e. The summed E-state index contributed by atoms with van der Waals surface area (Å²) in [6.45, 7) is 1.34. The summed E-state index contributed by atoms with van der Waals surface area (Å²) in [7, 11) is -4.75. The molecule has 0 bridgehead atoms. The Bertz CT molecular complexity index is 1490. The van der Waals surface area contributed by atoms with Crippen LogP contribution in [0.25, 0.3) is 0 Å². The summed E-state index contributed by atoms with van der Waals surface area (Å²) < 4.78 is 62.5. The van der Waals surface area contributed by atoms with Crippen LogP contribution in [0.1, 0.15) is 24.9 Å². The first-order valence-corrected chi connectivity index (χ1v) is 15.2. The number of halogens is 1. The van der Waals surface area contributed by atoms with E-state index in [1.807, 2.05) is 6.92 Å². The molecular weight excluding hydrogens is 552 g/mol. The van der Waals surface area contributed by atoms with Crippen molar-refractivity contribution in [1.29, 1.82) is 0 Å². The number of methoxy groups -OCH3 is 2. The highest BCUT2D eigenvalue weighted by Gasteiger charge is 2.29. The molecular formula is C26H29ClN2O7S2. The van der Waals surface area contributed by atoms with Crippen LogP contribution >= 0.6 is 11.6 Å². The van der Waals surface area contributed by atoms with Crippen LogP contribution in [0.5, 0.6) is 11.5 Å². The molecule has 1 atom stereocenters. The number of carbonyl (C=O) groups is 1. The van der Waals surface area contributed by atoms with Gasteiger partial charge in [-0.3, -0.25) is 9.10 Å². The third kappa shape index (κ3) is 6.77. The second-order valence-corrected chi connectivity index (χ2v) is 12.7. The summed E-state index contributed by atoms with van der Waals surface area (Å²) >= 11 is 6.01. The van der Waals surface area contributed by atoms with E-state index in [0.717, 1.165) is 10.6 Å². The maximum atomic E-state index is 13.7. The van der Waals surface area contributed by atoms with Crippen molar-refractivity contribution in [1.82, 2.24) is 5.32 Å². The maximum absolute atomic E-state index is 13.7. The molecule has 0 radical (unpaired) electrons. The van der Waals surface area contributed by atoms with Crippen LogP contribution in [0.2, 0.25) is 5.02 Å². The van der Waals surface area contributed by atoms with Gasteiger partial charge < -0.3 is 14.8 Å². The lowest BCUT2D eigenvalue weighted by atomic mass is 10.0. The molecule has 12 heteroatoms. The number of anilines is 1. The minimum atomic E-state index is -4.22. The fourth-order valence-electron chi connectivity index (χ4n) is 3.77. The van der Waals surface area contributed by atoms with Gasteiger partial charge in [-0.25, -0.2) is 16.8 Å². The molecule has 0 fully saturated rings. The number of nitrogens with zero attached hydrogens (tertiary/aromatic N) is 1. The zero-order valence-corrected chi connectivity index (χ0v) is 23.7. The Labute approximate surface area is 228 Å². The van der Waals surface area contributed by atoms with Gasteiger partial charge in [0.25, 0.3) is 10.0 Å². The van der Waals surface area contributed by atoms with Gasteiger partial charge in [0.2, 0.25) is 5.91 Å². The predicted octanol–water partition coefficient (Wildman–Crippen LogP) is 4.22. The zero-order chi connectivity index (χ0) is 28.1. The van der Waals surface area contributed by atoms with Gasteiger partial charge in [0.15, 0.2) is 21.3 Å². The van der Waals surface area contributed by atoms with Gasteiger partial charge in [-0.05, 0) is 60.5 Å². The molecule has 3 aromatic rings. The van der Waals surface area contributed by atoms with E-state index < -0.39 is 38.4 Å². The molecule has 204 valence electrons. The fourth-order valence-corrected chi connectivity index (χ4v) is 5.96. The predicted molar refractivity (Wildman–Crippen MR) is 146 cm³/mol. The van der Waals surface area contributed by atoms with Crippen LogP contribution in [0.4, 0.5) is 5.69 Å².